The summed E-state index contributed by atoms with van der Waals surface area (Å²) in [5.41, 5.74) is 0.377. The first-order valence-electron chi connectivity index (χ1n) is 6.47. The van der Waals surface area contributed by atoms with Gasteiger partial charge in [-0.3, -0.25) is 9.89 Å². The minimum absolute atomic E-state index is 0.176. The molecule has 3 rings (SSSR count). The van der Waals surface area contributed by atoms with E-state index in [2.05, 4.69) is 26.9 Å². The van der Waals surface area contributed by atoms with E-state index in [1.165, 1.54) is 10.6 Å². The molecule has 1 aliphatic rings. The maximum atomic E-state index is 11.9. The molecular formula is C12H16ClN5O. The summed E-state index contributed by atoms with van der Waals surface area (Å²) in [4.78, 5) is 22.7. The Morgan fingerprint density at radius 2 is 2.16 bits per heavy atom. The summed E-state index contributed by atoms with van der Waals surface area (Å²) in [6.45, 7) is 4.17. The summed E-state index contributed by atoms with van der Waals surface area (Å²) in [6, 6.07) is 1.43. The first-order chi connectivity index (χ1) is 9.17. The molecule has 0 atom stereocenters. The van der Waals surface area contributed by atoms with E-state index in [1.807, 2.05) is 0 Å². The van der Waals surface area contributed by atoms with E-state index < -0.39 is 0 Å². The number of hydrogen-bond donors (Lipinski definition) is 1. The fraction of sp³-hybridized carbons (Fsp3) is 0.583. The number of nitrogens with one attached hydrogen (secondary N) is 1. The maximum Gasteiger partial charge on any atom is 0.274 e. The van der Waals surface area contributed by atoms with Crippen LogP contribution in [0.25, 0.3) is 5.78 Å². The topological polar surface area (TPSA) is 66.3 Å². The van der Waals surface area contributed by atoms with E-state index >= 15 is 0 Å². The normalized spacial score (nSPS) is 17.3. The van der Waals surface area contributed by atoms with E-state index in [0.717, 1.165) is 31.8 Å². The molecule has 102 valence electrons. The van der Waals surface area contributed by atoms with Crippen LogP contribution < -0.4 is 10.5 Å². The molecule has 0 amide bonds. The van der Waals surface area contributed by atoms with E-state index in [1.54, 1.807) is 0 Å². The zero-order valence-electron chi connectivity index (χ0n) is 10.8. The van der Waals surface area contributed by atoms with Gasteiger partial charge in [0.05, 0.1) is 11.6 Å². The molecule has 0 bridgehead atoms. The molecule has 1 aliphatic heterocycles. The van der Waals surface area contributed by atoms with Crippen molar-refractivity contribution in [2.24, 2.45) is 5.92 Å². The molecule has 2 aromatic heterocycles. The summed E-state index contributed by atoms with van der Waals surface area (Å²) in [5.74, 6) is 2.07. The van der Waals surface area contributed by atoms with Gasteiger partial charge in [-0.15, -0.1) is 11.6 Å². The van der Waals surface area contributed by atoms with Gasteiger partial charge in [0.2, 0.25) is 5.95 Å². The predicted octanol–water partition coefficient (Wildman–Crippen LogP) is 1.39. The van der Waals surface area contributed by atoms with Crippen LogP contribution in [0.4, 0.5) is 5.95 Å². The van der Waals surface area contributed by atoms with Gasteiger partial charge < -0.3 is 4.90 Å². The van der Waals surface area contributed by atoms with Crippen LogP contribution in [-0.4, -0.2) is 32.7 Å². The Kier molecular flexibility index (Phi) is 3.18. The third kappa shape index (κ3) is 2.32. The van der Waals surface area contributed by atoms with Crippen molar-refractivity contribution in [3.63, 3.8) is 0 Å². The molecule has 0 aromatic carbocycles. The summed E-state index contributed by atoms with van der Waals surface area (Å²) in [6.07, 6.45) is 2.29. The smallest absolute Gasteiger partial charge is 0.274 e. The Morgan fingerprint density at radius 1 is 1.42 bits per heavy atom. The average molecular weight is 282 g/mol. The van der Waals surface area contributed by atoms with Crippen LogP contribution >= 0.6 is 11.6 Å². The molecule has 2 aromatic rings. The Bertz CT molecular complexity index is 641. The number of nitrogens with zero attached hydrogens (tertiary/aromatic N) is 4. The van der Waals surface area contributed by atoms with Gasteiger partial charge in [-0.2, -0.15) is 9.50 Å². The van der Waals surface area contributed by atoms with Crippen LogP contribution in [0.3, 0.4) is 0 Å². The highest BCUT2D eigenvalue weighted by atomic mass is 35.5. The molecule has 0 spiro atoms. The van der Waals surface area contributed by atoms with E-state index in [-0.39, 0.29) is 11.4 Å². The molecule has 0 unspecified atom stereocenters. The SMILES string of the molecule is CC1CCN(c2nc3nc(CCl)cc(=O)n3[nH]2)CC1. The van der Waals surface area contributed by atoms with Crippen molar-refractivity contribution < 1.29 is 0 Å². The number of rotatable bonds is 2. The number of piperidine rings is 1. The van der Waals surface area contributed by atoms with E-state index in [0.29, 0.717) is 17.4 Å². The third-order valence-corrected chi connectivity index (χ3v) is 3.87. The highest BCUT2D eigenvalue weighted by Crippen LogP contribution is 2.20. The first kappa shape index (κ1) is 12.5. The Balaban J connectivity index is 1.97. The van der Waals surface area contributed by atoms with Crippen molar-refractivity contribution >= 4 is 23.3 Å². The van der Waals surface area contributed by atoms with Gasteiger partial charge >= 0.3 is 0 Å². The predicted molar refractivity (Wildman–Crippen MR) is 73.8 cm³/mol. The number of aromatic amines is 1. The lowest BCUT2D eigenvalue weighted by atomic mass is 10.00. The molecule has 0 saturated carbocycles. The Morgan fingerprint density at radius 3 is 2.84 bits per heavy atom. The summed E-state index contributed by atoms with van der Waals surface area (Å²) in [5, 5.41) is 3.01. The van der Waals surface area contributed by atoms with Crippen LogP contribution in [0.1, 0.15) is 25.5 Å². The van der Waals surface area contributed by atoms with Crippen molar-refractivity contribution in [3.8, 4) is 0 Å². The lowest BCUT2D eigenvalue weighted by Crippen LogP contribution is -2.33. The van der Waals surface area contributed by atoms with Crippen molar-refractivity contribution in [2.45, 2.75) is 25.6 Å². The average Bonchev–Trinajstić information content (AvgIpc) is 2.84. The van der Waals surface area contributed by atoms with Crippen LogP contribution in [-0.2, 0) is 5.88 Å². The van der Waals surface area contributed by atoms with Crippen LogP contribution in [0.15, 0.2) is 10.9 Å². The van der Waals surface area contributed by atoms with E-state index in [4.69, 9.17) is 11.6 Å². The van der Waals surface area contributed by atoms with Crippen molar-refractivity contribution in [1.82, 2.24) is 19.6 Å². The molecule has 19 heavy (non-hydrogen) atoms. The molecule has 1 saturated heterocycles. The third-order valence-electron chi connectivity index (χ3n) is 3.59. The number of halogens is 1. The monoisotopic (exact) mass is 281 g/mol. The molecule has 0 aliphatic carbocycles. The second kappa shape index (κ2) is 4.85. The minimum Gasteiger partial charge on any atom is -0.341 e. The Hall–Kier alpha value is -1.56. The number of hydrogen-bond acceptors (Lipinski definition) is 4. The zero-order valence-corrected chi connectivity index (χ0v) is 11.5. The molecular weight excluding hydrogens is 266 g/mol. The number of anilines is 1. The van der Waals surface area contributed by atoms with E-state index in [9.17, 15) is 4.79 Å². The molecule has 3 heterocycles. The van der Waals surface area contributed by atoms with Gasteiger partial charge in [-0.05, 0) is 18.8 Å². The lowest BCUT2D eigenvalue weighted by Gasteiger charge is -2.29. The summed E-state index contributed by atoms with van der Waals surface area (Å²) in [7, 11) is 0. The quantitative estimate of drug-likeness (QED) is 0.845. The van der Waals surface area contributed by atoms with Gasteiger partial charge in [-0.1, -0.05) is 6.92 Å². The van der Waals surface area contributed by atoms with Crippen molar-refractivity contribution in [2.75, 3.05) is 18.0 Å². The first-order valence-corrected chi connectivity index (χ1v) is 7.00. The number of aromatic nitrogens is 4. The van der Waals surface area contributed by atoms with Gasteiger partial charge in [-0.25, -0.2) is 4.98 Å². The van der Waals surface area contributed by atoms with Crippen molar-refractivity contribution in [1.29, 1.82) is 0 Å². The van der Waals surface area contributed by atoms with Crippen LogP contribution in [0.5, 0.6) is 0 Å². The standard InChI is InChI=1S/C12H16ClN5O/c1-8-2-4-17(5-3-8)12-15-11-14-9(7-13)6-10(19)18(11)16-12/h6,8H,2-5,7H2,1H3,(H,14,15,16). The molecule has 6 nitrogen and oxygen atoms in total. The molecule has 7 heteroatoms. The fourth-order valence-electron chi connectivity index (χ4n) is 2.35. The number of fused-ring (bicyclic) bond motifs is 1. The lowest BCUT2D eigenvalue weighted by molar-refractivity contribution is 0.434. The van der Waals surface area contributed by atoms with Gasteiger partial charge in [0.1, 0.15) is 0 Å². The van der Waals surface area contributed by atoms with Crippen LogP contribution in [0.2, 0.25) is 0 Å². The number of alkyl halides is 1. The summed E-state index contributed by atoms with van der Waals surface area (Å²) >= 11 is 5.71. The largest absolute Gasteiger partial charge is 0.341 e. The van der Waals surface area contributed by atoms with Gasteiger partial charge in [0, 0.05) is 19.2 Å². The maximum absolute atomic E-state index is 11.9. The zero-order chi connectivity index (χ0) is 13.4. The second-order valence-corrected chi connectivity index (χ2v) is 5.34. The van der Waals surface area contributed by atoms with Gasteiger partial charge in [0.25, 0.3) is 11.3 Å². The van der Waals surface area contributed by atoms with Gasteiger partial charge in [0.15, 0.2) is 0 Å². The van der Waals surface area contributed by atoms with Crippen molar-refractivity contribution in [3.05, 3.63) is 22.1 Å². The highest BCUT2D eigenvalue weighted by Gasteiger charge is 2.19. The Labute approximate surface area is 115 Å². The highest BCUT2D eigenvalue weighted by molar-refractivity contribution is 6.16. The summed E-state index contributed by atoms with van der Waals surface area (Å²) < 4.78 is 1.36. The molecule has 0 radical (unpaired) electrons. The molecule has 1 fully saturated rings. The number of H-pyrrole nitrogens is 1. The fourth-order valence-corrected chi connectivity index (χ4v) is 2.48. The van der Waals surface area contributed by atoms with Crippen LogP contribution in [0, 0.1) is 5.92 Å². The molecule has 1 N–H and O–H groups in total. The second-order valence-electron chi connectivity index (χ2n) is 5.07. The minimum atomic E-state index is -0.176.